The lowest BCUT2D eigenvalue weighted by Gasteiger charge is -2.11. The quantitative estimate of drug-likeness (QED) is 0.644. The van der Waals surface area contributed by atoms with Crippen LogP contribution in [0, 0.1) is 16.0 Å². The van der Waals surface area contributed by atoms with Crippen molar-refractivity contribution in [3.63, 3.8) is 0 Å². The third kappa shape index (κ3) is 3.94. The fourth-order valence-electron chi connectivity index (χ4n) is 2.39. The lowest BCUT2D eigenvalue weighted by atomic mass is 10.0. The third-order valence-corrected chi connectivity index (χ3v) is 5.31. The summed E-state index contributed by atoms with van der Waals surface area (Å²) >= 11 is 0. The largest absolute Gasteiger partial charge is 0.494 e. The molecule has 0 bridgehead atoms. The van der Waals surface area contributed by atoms with E-state index < -0.39 is 14.8 Å². The summed E-state index contributed by atoms with van der Waals surface area (Å²) in [6, 6.07) is 3.87. The van der Waals surface area contributed by atoms with E-state index in [1.54, 1.807) is 0 Å². The van der Waals surface area contributed by atoms with E-state index in [9.17, 15) is 23.3 Å². The molecule has 1 saturated heterocycles. The van der Waals surface area contributed by atoms with Gasteiger partial charge in [0.2, 0.25) is 5.91 Å². The maximum absolute atomic E-state index is 12.0. The van der Waals surface area contributed by atoms with Crippen LogP contribution in [0.2, 0.25) is 0 Å². The summed E-state index contributed by atoms with van der Waals surface area (Å²) in [5, 5.41) is 13.3. The second-order valence-corrected chi connectivity index (χ2v) is 7.39. The Morgan fingerprint density at radius 1 is 1.50 bits per heavy atom. The van der Waals surface area contributed by atoms with Gasteiger partial charge in [-0.15, -0.1) is 0 Å². The lowest BCUT2D eigenvalue weighted by molar-refractivity contribution is -0.384. The second kappa shape index (κ2) is 6.30. The predicted molar refractivity (Wildman–Crippen MR) is 79.7 cm³/mol. The van der Waals surface area contributed by atoms with Crippen LogP contribution in [-0.2, 0) is 14.6 Å². The first-order chi connectivity index (χ1) is 10.3. The van der Waals surface area contributed by atoms with Gasteiger partial charge in [-0.1, -0.05) is 0 Å². The molecule has 0 saturated carbocycles. The van der Waals surface area contributed by atoms with Gasteiger partial charge in [0, 0.05) is 12.5 Å². The zero-order valence-electron chi connectivity index (χ0n) is 11.9. The van der Waals surface area contributed by atoms with Crippen LogP contribution < -0.4 is 10.1 Å². The highest BCUT2D eigenvalue weighted by molar-refractivity contribution is 7.91. The summed E-state index contributed by atoms with van der Waals surface area (Å²) in [6.45, 7) is 0. The summed E-state index contributed by atoms with van der Waals surface area (Å²) in [5.74, 6) is -0.200. The molecular weight excluding hydrogens is 312 g/mol. The number of nitro benzene ring substituents is 1. The number of anilines is 1. The summed E-state index contributed by atoms with van der Waals surface area (Å²) < 4.78 is 27.8. The monoisotopic (exact) mass is 328 g/mol. The third-order valence-electron chi connectivity index (χ3n) is 3.47. The number of sulfone groups is 1. The number of non-ortho nitro benzene ring substituents is 1. The maximum atomic E-state index is 12.0. The van der Waals surface area contributed by atoms with Crippen LogP contribution in [0.15, 0.2) is 18.2 Å². The van der Waals surface area contributed by atoms with Crippen LogP contribution in [0.4, 0.5) is 11.4 Å². The number of hydrogen-bond acceptors (Lipinski definition) is 6. The van der Waals surface area contributed by atoms with Crippen LogP contribution >= 0.6 is 0 Å². The number of hydrogen-bond donors (Lipinski definition) is 1. The molecule has 9 heteroatoms. The molecule has 8 nitrogen and oxygen atoms in total. The molecule has 2 rings (SSSR count). The van der Waals surface area contributed by atoms with Gasteiger partial charge in [0.05, 0.1) is 35.3 Å². The summed E-state index contributed by atoms with van der Waals surface area (Å²) in [6.07, 6.45) is 0.576. The number of carbonyl (C=O) groups is 1. The van der Waals surface area contributed by atoms with Crippen molar-refractivity contribution in [2.24, 2.45) is 5.92 Å². The molecule has 120 valence electrons. The van der Waals surface area contributed by atoms with Crippen LogP contribution in [0.3, 0.4) is 0 Å². The van der Waals surface area contributed by atoms with Gasteiger partial charge >= 0.3 is 0 Å². The number of carbonyl (C=O) groups excluding carboxylic acids is 1. The molecule has 0 radical (unpaired) electrons. The van der Waals surface area contributed by atoms with E-state index in [1.165, 1.54) is 25.3 Å². The first-order valence-electron chi connectivity index (χ1n) is 6.63. The van der Waals surface area contributed by atoms with Gasteiger partial charge in [0.15, 0.2) is 9.84 Å². The standard InChI is InChI=1S/C13H16N2O6S/c1-21-12-7-10(15(17)18)2-3-11(12)14-13(16)6-9-4-5-22(19,20)8-9/h2-3,7,9H,4-6,8H2,1H3,(H,14,16)/t9-/m0/s1. The zero-order chi connectivity index (χ0) is 16.3. The Labute approximate surface area is 127 Å². The molecule has 1 heterocycles. The van der Waals surface area contributed by atoms with Gasteiger partial charge in [-0.2, -0.15) is 0 Å². The first kappa shape index (κ1) is 16.2. The van der Waals surface area contributed by atoms with Crippen molar-refractivity contribution in [3.8, 4) is 5.75 Å². The van der Waals surface area contributed by atoms with Crippen molar-refractivity contribution in [2.75, 3.05) is 23.9 Å². The molecule has 0 aromatic heterocycles. The highest BCUT2D eigenvalue weighted by atomic mass is 32.2. The zero-order valence-corrected chi connectivity index (χ0v) is 12.8. The average Bonchev–Trinajstić information content (AvgIpc) is 2.77. The van der Waals surface area contributed by atoms with Gasteiger partial charge in [0.1, 0.15) is 5.75 Å². The van der Waals surface area contributed by atoms with Crippen molar-refractivity contribution < 1.29 is 22.9 Å². The fourth-order valence-corrected chi connectivity index (χ4v) is 4.26. The fraction of sp³-hybridized carbons (Fsp3) is 0.462. The molecule has 1 fully saturated rings. The first-order valence-corrected chi connectivity index (χ1v) is 8.45. The van der Waals surface area contributed by atoms with Crippen LogP contribution in [0.1, 0.15) is 12.8 Å². The van der Waals surface area contributed by atoms with E-state index in [0.29, 0.717) is 12.1 Å². The molecule has 1 N–H and O–H groups in total. The SMILES string of the molecule is COc1cc([N+](=O)[O-])ccc1NC(=O)C[C@@H]1CCS(=O)(=O)C1. The number of amides is 1. The Bertz CT molecular complexity index is 700. The number of nitrogens with zero attached hydrogens (tertiary/aromatic N) is 1. The number of nitro groups is 1. The van der Waals surface area contributed by atoms with Gasteiger partial charge in [-0.25, -0.2) is 8.42 Å². The summed E-state index contributed by atoms with van der Waals surface area (Å²) in [4.78, 5) is 22.1. The van der Waals surface area contributed by atoms with E-state index in [4.69, 9.17) is 4.74 Å². The molecule has 1 atom stereocenters. The molecule has 0 aliphatic carbocycles. The number of benzene rings is 1. The Morgan fingerprint density at radius 3 is 2.77 bits per heavy atom. The molecule has 1 aliphatic rings. The van der Waals surface area contributed by atoms with Gasteiger partial charge in [0.25, 0.3) is 5.69 Å². The molecule has 1 aromatic rings. The molecule has 1 aliphatic heterocycles. The van der Waals surface area contributed by atoms with Crippen molar-refractivity contribution in [1.29, 1.82) is 0 Å². The lowest BCUT2D eigenvalue weighted by Crippen LogP contribution is -2.17. The second-order valence-electron chi connectivity index (χ2n) is 5.16. The van der Waals surface area contributed by atoms with Crippen molar-refractivity contribution in [2.45, 2.75) is 12.8 Å². The average molecular weight is 328 g/mol. The minimum Gasteiger partial charge on any atom is -0.494 e. The van der Waals surface area contributed by atoms with Crippen molar-refractivity contribution in [3.05, 3.63) is 28.3 Å². The Kier molecular flexibility index (Phi) is 4.65. The Balaban J connectivity index is 2.04. The van der Waals surface area contributed by atoms with Gasteiger partial charge < -0.3 is 10.1 Å². The number of methoxy groups -OCH3 is 1. The van der Waals surface area contributed by atoms with Crippen LogP contribution in [0.5, 0.6) is 5.75 Å². The molecule has 1 amide bonds. The smallest absolute Gasteiger partial charge is 0.273 e. The molecule has 0 unspecified atom stereocenters. The minimum absolute atomic E-state index is 0.0256. The number of ether oxygens (including phenoxy) is 1. The summed E-state index contributed by atoms with van der Waals surface area (Å²) in [5.41, 5.74) is 0.177. The van der Waals surface area contributed by atoms with E-state index >= 15 is 0 Å². The maximum Gasteiger partial charge on any atom is 0.273 e. The van der Waals surface area contributed by atoms with Crippen molar-refractivity contribution >= 4 is 27.1 Å². The highest BCUT2D eigenvalue weighted by Gasteiger charge is 2.29. The van der Waals surface area contributed by atoms with Gasteiger partial charge in [-0.3, -0.25) is 14.9 Å². The van der Waals surface area contributed by atoms with E-state index in [0.717, 1.165) is 0 Å². The summed E-state index contributed by atoms with van der Waals surface area (Å²) in [7, 11) is -1.68. The van der Waals surface area contributed by atoms with E-state index in [1.807, 2.05) is 0 Å². The predicted octanol–water partition coefficient (Wildman–Crippen LogP) is 1.37. The van der Waals surface area contributed by atoms with Crippen LogP contribution in [0.25, 0.3) is 0 Å². The van der Waals surface area contributed by atoms with E-state index in [2.05, 4.69) is 5.32 Å². The Morgan fingerprint density at radius 2 is 2.23 bits per heavy atom. The normalized spacial score (nSPS) is 19.6. The topological polar surface area (TPSA) is 116 Å². The van der Waals surface area contributed by atoms with Gasteiger partial charge in [-0.05, 0) is 18.4 Å². The molecule has 0 spiro atoms. The van der Waals surface area contributed by atoms with Crippen LogP contribution in [-0.4, -0.2) is 37.9 Å². The number of rotatable bonds is 5. The highest BCUT2D eigenvalue weighted by Crippen LogP contribution is 2.30. The van der Waals surface area contributed by atoms with E-state index in [-0.39, 0.29) is 41.2 Å². The minimum atomic E-state index is -3.02. The molecule has 22 heavy (non-hydrogen) atoms. The van der Waals surface area contributed by atoms with Crippen molar-refractivity contribution in [1.82, 2.24) is 0 Å². The number of nitrogens with one attached hydrogen (secondary N) is 1. The Hall–Kier alpha value is -2.16. The molecule has 1 aromatic carbocycles. The molecular formula is C13H16N2O6S.